The average Bonchev–Trinajstić information content (AvgIpc) is 4.04. The maximum atomic E-state index is 7.00. The van der Waals surface area contributed by atoms with Crippen LogP contribution in [0.4, 0.5) is 0 Å². The fourth-order valence-electron chi connectivity index (χ4n) is 2.78. The number of aliphatic hydroxyl groups is 1. The summed E-state index contributed by atoms with van der Waals surface area (Å²) in [6.45, 7) is 18.8. The lowest BCUT2D eigenvalue weighted by atomic mass is 10.2. The molecule has 0 aliphatic heterocycles. The van der Waals surface area contributed by atoms with Crippen molar-refractivity contribution in [2.45, 2.75) is 69.2 Å². The smallest absolute Gasteiger partial charge is 0.0319 e. The molecule has 2 nitrogen and oxygen atoms in total. The Balaban J connectivity index is -0.0000000512. The van der Waals surface area contributed by atoms with E-state index in [4.69, 9.17) is 5.11 Å². The minimum Gasteiger partial charge on any atom is -0.400 e. The molecular formula is C48H85NOP4. The molecule has 4 atom stereocenters. The predicted molar refractivity (Wildman–Crippen MR) is 279 cm³/mol. The molecule has 0 heterocycles. The van der Waals surface area contributed by atoms with E-state index in [1.165, 1.54) is 54.1 Å². The summed E-state index contributed by atoms with van der Waals surface area (Å²) in [6, 6.07) is 50.8. The SMILES string of the molecule is C.C.C.C1CC1.C=CC.C=Cc1ccccc1.C=Cc1ccccc1.CN.CO.Cc1ccccc1.Cc1ccccc1.Cc1ccccc1.P.P.P.P. The summed E-state index contributed by atoms with van der Waals surface area (Å²) in [5.74, 6) is 0. The number of hydrogen-bond acceptors (Lipinski definition) is 2. The van der Waals surface area contributed by atoms with Gasteiger partial charge in [0.2, 0.25) is 0 Å². The molecule has 4 unspecified atom stereocenters. The van der Waals surface area contributed by atoms with E-state index in [9.17, 15) is 0 Å². The van der Waals surface area contributed by atoms with Crippen molar-refractivity contribution >= 4 is 51.7 Å². The average molecular weight is 816 g/mol. The van der Waals surface area contributed by atoms with E-state index in [1.807, 2.05) is 134 Å². The zero-order chi connectivity index (χ0) is 35.8. The molecule has 308 valence electrons. The first kappa shape index (κ1) is 75.8. The van der Waals surface area contributed by atoms with Gasteiger partial charge in [0.1, 0.15) is 0 Å². The van der Waals surface area contributed by atoms with Crippen molar-refractivity contribution in [2.75, 3.05) is 14.2 Å². The number of hydrogen-bond donors (Lipinski definition) is 2. The predicted octanol–water partition coefficient (Wildman–Crippen LogP) is 14.3. The third-order valence-electron chi connectivity index (χ3n) is 5.25. The summed E-state index contributed by atoms with van der Waals surface area (Å²) in [5.41, 5.74) is 10.8. The third-order valence-corrected chi connectivity index (χ3v) is 5.25. The van der Waals surface area contributed by atoms with Gasteiger partial charge in [0.05, 0.1) is 0 Å². The number of aryl methyl sites for hydroxylation is 3. The van der Waals surface area contributed by atoms with Crippen molar-refractivity contribution in [2.24, 2.45) is 5.73 Å². The van der Waals surface area contributed by atoms with Gasteiger partial charge in [-0.1, -0.05) is 241 Å². The number of nitrogens with two attached hydrogens (primary N) is 1. The number of allylic oxidation sites excluding steroid dienone is 1. The van der Waals surface area contributed by atoms with E-state index in [1.54, 1.807) is 6.08 Å². The van der Waals surface area contributed by atoms with Crippen LogP contribution in [0.25, 0.3) is 12.2 Å². The van der Waals surface area contributed by atoms with Crippen molar-refractivity contribution in [1.82, 2.24) is 0 Å². The van der Waals surface area contributed by atoms with Crippen LogP contribution in [0.1, 0.15) is 76.3 Å². The fraction of sp³-hybridized carbons (Fsp3) is 0.250. The normalized spacial score (nSPS) is 7.70. The topological polar surface area (TPSA) is 46.2 Å². The van der Waals surface area contributed by atoms with Crippen LogP contribution in [-0.2, 0) is 0 Å². The molecule has 0 spiro atoms. The Morgan fingerprint density at radius 1 is 0.407 bits per heavy atom. The molecule has 0 radical (unpaired) electrons. The second-order valence-corrected chi connectivity index (χ2v) is 9.66. The summed E-state index contributed by atoms with van der Waals surface area (Å²) in [6.07, 6.45) is 9.92. The van der Waals surface area contributed by atoms with Crippen LogP contribution in [0.2, 0.25) is 0 Å². The first-order valence-corrected chi connectivity index (χ1v) is 16.0. The van der Waals surface area contributed by atoms with Gasteiger partial charge in [-0.05, 0) is 45.9 Å². The molecule has 5 aromatic carbocycles. The van der Waals surface area contributed by atoms with Crippen molar-refractivity contribution in [3.8, 4) is 0 Å². The molecule has 1 saturated carbocycles. The number of benzene rings is 5. The largest absolute Gasteiger partial charge is 0.400 e. The van der Waals surface area contributed by atoms with E-state index >= 15 is 0 Å². The maximum Gasteiger partial charge on any atom is 0.0319 e. The number of aliphatic hydroxyl groups excluding tert-OH is 1. The molecule has 1 aliphatic carbocycles. The van der Waals surface area contributed by atoms with Crippen LogP contribution in [0, 0.1) is 20.8 Å². The minimum absolute atomic E-state index is 0. The van der Waals surface area contributed by atoms with Crippen LogP contribution in [0.3, 0.4) is 0 Å². The zero-order valence-corrected chi connectivity index (χ0v) is 38.4. The van der Waals surface area contributed by atoms with Gasteiger partial charge in [0.15, 0.2) is 0 Å². The van der Waals surface area contributed by atoms with E-state index in [0.29, 0.717) is 0 Å². The molecule has 3 N–H and O–H groups in total. The lowest BCUT2D eigenvalue weighted by Crippen LogP contribution is -1.69. The van der Waals surface area contributed by atoms with Gasteiger partial charge in [-0.2, -0.15) is 39.6 Å². The van der Waals surface area contributed by atoms with Gasteiger partial charge in [-0.3, -0.25) is 0 Å². The molecule has 54 heavy (non-hydrogen) atoms. The molecule has 0 bridgehead atoms. The van der Waals surface area contributed by atoms with Crippen molar-refractivity contribution < 1.29 is 5.11 Å². The van der Waals surface area contributed by atoms with Gasteiger partial charge in [0, 0.05) is 7.11 Å². The molecule has 5 aromatic rings. The molecule has 0 aromatic heterocycles. The van der Waals surface area contributed by atoms with Gasteiger partial charge < -0.3 is 10.8 Å². The Kier molecular flexibility index (Phi) is 91.1. The van der Waals surface area contributed by atoms with Crippen LogP contribution in [0.5, 0.6) is 0 Å². The van der Waals surface area contributed by atoms with Crippen molar-refractivity contribution in [1.29, 1.82) is 0 Å². The molecular weight excluding hydrogens is 730 g/mol. The summed E-state index contributed by atoms with van der Waals surface area (Å²) in [4.78, 5) is 0. The molecule has 1 aliphatic rings. The lowest BCUT2D eigenvalue weighted by Gasteiger charge is -1.85. The highest BCUT2D eigenvalue weighted by Gasteiger charge is 1.95. The summed E-state index contributed by atoms with van der Waals surface area (Å²) >= 11 is 0. The van der Waals surface area contributed by atoms with E-state index in [0.717, 1.165) is 7.11 Å². The Morgan fingerprint density at radius 2 is 0.556 bits per heavy atom. The van der Waals surface area contributed by atoms with Crippen LogP contribution < -0.4 is 5.73 Å². The molecule has 0 saturated heterocycles. The van der Waals surface area contributed by atoms with Crippen LogP contribution >= 0.6 is 39.6 Å². The van der Waals surface area contributed by atoms with Gasteiger partial charge in [0.25, 0.3) is 0 Å². The van der Waals surface area contributed by atoms with Gasteiger partial charge in [-0.15, -0.1) is 6.58 Å². The van der Waals surface area contributed by atoms with Crippen LogP contribution in [0.15, 0.2) is 177 Å². The van der Waals surface area contributed by atoms with Crippen LogP contribution in [-0.4, -0.2) is 19.3 Å². The summed E-state index contributed by atoms with van der Waals surface area (Å²) in [7, 11) is 2.50. The molecule has 6 rings (SSSR count). The van der Waals surface area contributed by atoms with E-state index in [-0.39, 0.29) is 61.9 Å². The third kappa shape index (κ3) is 64.0. The Labute approximate surface area is 349 Å². The zero-order valence-electron chi connectivity index (χ0n) is 32.8. The summed E-state index contributed by atoms with van der Waals surface area (Å²) in [5, 5.41) is 7.00. The van der Waals surface area contributed by atoms with Gasteiger partial charge in [-0.25, -0.2) is 0 Å². The van der Waals surface area contributed by atoms with Crippen molar-refractivity contribution in [3.63, 3.8) is 0 Å². The second-order valence-electron chi connectivity index (χ2n) is 9.66. The molecule has 6 heteroatoms. The maximum absolute atomic E-state index is 7.00. The Hall–Kier alpha value is -3.04. The van der Waals surface area contributed by atoms with E-state index in [2.05, 4.69) is 82.6 Å². The van der Waals surface area contributed by atoms with Gasteiger partial charge >= 0.3 is 0 Å². The summed E-state index contributed by atoms with van der Waals surface area (Å²) < 4.78 is 0. The number of rotatable bonds is 2. The van der Waals surface area contributed by atoms with Crippen molar-refractivity contribution in [3.05, 3.63) is 205 Å². The highest BCUT2D eigenvalue weighted by molar-refractivity contribution is 6.92. The standard InChI is InChI=1S/2C8H8.3C7H8.2C3H6.CH5N.CH4O.3CH4.4H3P/c2*1-2-8-6-4-3-5-7-8;3*1-7-5-3-2-4-6-7;1-2-3-1;1-3-2;2*1-2;;;;;;;/h2*2-7H,1H2;3*2-6H,1H3;1-3H2;3H,1H2,2H3;2H2,1H3;2H,1H3;3*1H4;4*1H3. The van der Waals surface area contributed by atoms with E-state index < -0.39 is 0 Å². The first-order chi connectivity index (χ1) is 23.0. The lowest BCUT2D eigenvalue weighted by molar-refractivity contribution is 0.399. The molecule has 0 amide bonds. The highest BCUT2D eigenvalue weighted by Crippen LogP contribution is 2.14. The second kappa shape index (κ2) is 64.9. The molecule has 1 fully saturated rings. The quantitative estimate of drug-likeness (QED) is 0.138. The highest BCUT2D eigenvalue weighted by atomic mass is 31.0. The minimum atomic E-state index is 0. The first-order valence-electron chi connectivity index (χ1n) is 16.0. The Bertz CT molecular complexity index is 1170. The Morgan fingerprint density at radius 3 is 0.630 bits per heavy atom. The monoisotopic (exact) mass is 816 g/mol. The fourth-order valence-corrected chi connectivity index (χ4v) is 2.78.